The van der Waals surface area contributed by atoms with E-state index in [4.69, 9.17) is 4.74 Å². The number of likely N-dealkylation sites (tertiary alicyclic amines) is 1. The van der Waals surface area contributed by atoms with Crippen LogP contribution in [0.3, 0.4) is 0 Å². The van der Waals surface area contributed by atoms with Crippen LogP contribution in [0.15, 0.2) is 12.2 Å². The Kier molecular flexibility index (Phi) is 5.54. The number of carbonyl (C=O) groups excluding carboxylic acids is 2. The Balaban J connectivity index is 3.05. The highest BCUT2D eigenvalue weighted by Crippen LogP contribution is 2.28. The molecule has 0 amide bonds. The Morgan fingerprint density at radius 3 is 2.11 bits per heavy atom. The van der Waals surface area contributed by atoms with Gasteiger partial charge in [0, 0.05) is 12.1 Å². The number of hydrogen-bond acceptors (Lipinski definition) is 5. The maximum atomic E-state index is 12.0. The van der Waals surface area contributed by atoms with Crippen molar-refractivity contribution in [1.82, 2.24) is 4.90 Å². The molecule has 0 aromatic rings. The van der Waals surface area contributed by atoms with E-state index in [-0.39, 0.29) is 17.7 Å². The highest BCUT2D eigenvalue weighted by molar-refractivity contribution is 5.97. The zero-order valence-electron chi connectivity index (χ0n) is 12.1. The molecule has 1 aliphatic heterocycles. The fourth-order valence-corrected chi connectivity index (χ4v) is 2.75. The van der Waals surface area contributed by atoms with Gasteiger partial charge >= 0.3 is 11.9 Å². The molecule has 0 aromatic heterocycles. The summed E-state index contributed by atoms with van der Waals surface area (Å²) < 4.78 is 9.50. The molecule has 19 heavy (non-hydrogen) atoms. The summed E-state index contributed by atoms with van der Waals surface area (Å²) in [6.07, 6.45) is 3.11. The van der Waals surface area contributed by atoms with Gasteiger partial charge in [-0.25, -0.2) is 9.59 Å². The zero-order chi connectivity index (χ0) is 14.6. The second kappa shape index (κ2) is 6.70. The number of esters is 2. The lowest BCUT2D eigenvalue weighted by molar-refractivity contribution is -0.151. The quantitative estimate of drug-likeness (QED) is 0.572. The fraction of sp³-hybridized carbons (Fsp3) is 0.714. The van der Waals surface area contributed by atoms with Gasteiger partial charge in [-0.05, 0) is 26.7 Å². The van der Waals surface area contributed by atoms with Crippen molar-refractivity contribution < 1.29 is 19.1 Å². The first-order valence-electron chi connectivity index (χ1n) is 6.56. The van der Waals surface area contributed by atoms with Crippen LogP contribution in [0.2, 0.25) is 0 Å². The molecular formula is C14H23NO4. The van der Waals surface area contributed by atoms with E-state index in [0.29, 0.717) is 0 Å². The molecule has 5 nitrogen and oxygen atoms in total. The normalized spacial score (nSPS) is 25.5. The first kappa shape index (κ1) is 15.7. The minimum Gasteiger partial charge on any atom is -0.468 e. The van der Waals surface area contributed by atoms with Gasteiger partial charge in [0.25, 0.3) is 0 Å². The minimum atomic E-state index is -0.761. The molecule has 0 N–H and O–H groups in total. The Morgan fingerprint density at radius 2 is 1.68 bits per heavy atom. The van der Waals surface area contributed by atoms with E-state index in [2.05, 4.69) is 25.2 Å². The average molecular weight is 269 g/mol. The Labute approximate surface area is 114 Å². The summed E-state index contributed by atoms with van der Waals surface area (Å²) in [5.41, 5.74) is 0.134. The number of nitrogens with zero attached hydrogens (tertiary/aromatic N) is 1. The Bertz CT molecular complexity index is 356. The Morgan fingerprint density at radius 1 is 1.16 bits per heavy atom. The molecule has 3 atom stereocenters. The summed E-state index contributed by atoms with van der Waals surface area (Å²) in [6.45, 7) is 7.83. The lowest BCUT2D eigenvalue weighted by Gasteiger charge is -2.43. The third kappa shape index (κ3) is 3.35. The molecular weight excluding hydrogens is 246 g/mol. The van der Waals surface area contributed by atoms with Gasteiger partial charge in [-0.15, -0.1) is 0 Å². The van der Waals surface area contributed by atoms with Crippen LogP contribution in [0.25, 0.3) is 0 Å². The second-order valence-electron chi connectivity index (χ2n) is 5.02. The van der Waals surface area contributed by atoms with Crippen molar-refractivity contribution in [2.24, 2.45) is 0 Å². The van der Waals surface area contributed by atoms with Crippen LogP contribution in [0.1, 0.15) is 33.1 Å². The summed E-state index contributed by atoms with van der Waals surface area (Å²) in [5, 5.41) is 0. The van der Waals surface area contributed by atoms with Crippen molar-refractivity contribution in [2.45, 2.75) is 51.2 Å². The van der Waals surface area contributed by atoms with E-state index >= 15 is 0 Å². The van der Waals surface area contributed by atoms with Crippen LogP contribution >= 0.6 is 0 Å². The van der Waals surface area contributed by atoms with Crippen molar-refractivity contribution in [1.29, 1.82) is 0 Å². The van der Waals surface area contributed by atoms with Crippen LogP contribution in [0, 0.1) is 0 Å². The van der Waals surface area contributed by atoms with Gasteiger partial charge in [0.05, 0.1) is 19.8 Å². The molecule has 108 valence electrons. The van der Waals surface area contributed by atoms with Gasteiger partial charge in [-0.1, -0.05) is 13.0 Å². The predicted octanol–water partition coefficient (Wildman–Crippen LogP) is 1.52. The minimum absolute atomic E-state index is 0.134. The summed E-state index contributed by atoms with van der Waals surface area (Å²) in [6, 6.07) is -0.355. The van der Waals surface area contributed by atoms with Crippen molar-refractivity contribution in [2.75, 3.05) is 14.2 Å². The first-order valence-corrected chi connectivity index (χ1v) is 6.56. The van der Waals surface area contributed by atoms with Gasteiger partial charge in [0.2, 0.25) is 0 Å². The first-order chi connectivity index (χ1) is 8.93. The molecule has 1 heterocycles. The number of methoxy groups -OCH3 is 2. The van der Waals surface area contributed by atoms with Crippen LogP contribution < -0.4 is 0 Å². The molecule has 0 aromatic carbocycles. The van der Waals surface area contributed by atoms with E-state index in [1.807, 2.05) is 4.90 Å². The van der Waals surface area contributed by atoms with Gasteiger partial charge in [0.1, 0.15) is 6.04 Å². The highest BCUT2D eigenvalue weighted by Gasteiger charge is 2.39. The van der Waals surface area contributed by atoms with E-state index < -0.39 is 18.0 Å². The molecule has 1 rings (SSSR count). The molecule has 1 fully saturated rings. The summed E-state index contributed by atoms with van der Waals surface area (Å²) in [7, 11) is 2.60. The lowest BCUT2D eigenvalue weighted by atomic mass is 9.93. The van der Waals surface area contributed by atoms with Crippen LogP contribution in [-0.4, -0.2) is 49.2 Å². The topological polar surface area (TPSA) is 55.8 Å². The fourth-order valence-electron chi connectivity index (χ4n) is 2.75. The Hall–Kier alpha value is -1.36. The lowest BCUT2D eigenvalue weighted by Crippen LogP contribution is -2.54. The molecule has 0 aliphatic carbocycles. The van der Waals surface area contributed by atoms with Crippen molar-refractivity contribution >= 4 is 11.9 Å². The van der Waals surface area contributed by atoms with Crippen molar-refractivity contribution in [3.63, 3.8) is 0 Å². The van der Waals surface area contributed by atoms with Crippen LogP contribution in [0.4, 0.5) is 0 Å². The van der Waals surface area contributed by atoms with E-state index in [1.165, 1.54) is 14.2 Å². The molecule has 1 saturated heterocycles. The van der Waals surface area contributed by atoms with Crippen molar-refractivity contribution in [3.05, 3.63) is 12.2 Å². The number of rotatable bonds is 4. The standard InChI is InChI=1S/C14H23NO4/c1-9-7-6-8-10(2)15(9)12(14(17)19-5)11(3)13(16)18-4/h9-10,12H,3,6-8H2,1-2,4-5H3. The summed E-state index contributed by atoms with van der Waals surface area (Å²) in [5.74, 6) is -1.03. The maximum Gasteiger partial charge on any atom is 0.335 e. The van der Waals surface area contributed by atoms with Gasteiger partial charge in [0.15, 0.2) is 0 Å². The number of ether oxygens (including phenoxy) is 2. The molecule has 5 heteroatoms. The van der Waals surface area contributed by atoms with Crippen molar-refractivity contribution in [3.8, 4) is 0 Å². The number of hydrogen-bond donors (Lipinski definition) is 0. The molecule has 3 unspecified atom stereocenters. The molecule has 0 bridgehead atoms. The second-order valence-corrected chi connectivity index (χ2v) is 5.02. The molecule has 0 saturated carbocycles. The molecule has 0 spiro atoms. The number of piperidine rings is 1. The third-order valence-electron chi connectivity index (χ3n) is 3.76. The highest BCUT2D eigenvalue weighted by atomic mass is 16.5. The van der Waals surface area contributed by atoms with Gasteiger partial charge in [-0.2, -0.15) is 0 Å². The monoisotopic (exact) mass is 269 g/mol. The van der Waals surface area contributed by atoms with E-state index in [1.54, 1.807) is 0 Å². The van der Waals surface area contributed by atoms with Gasteiger partial charge < -0.3 is 9.47 Å². The largest absolute Gasteiger partial charge is 0.468 e. The predicted molar refractivity (Wildman–Crippen MR) is 71.6 cm³/mol. The number of carbonyl (C=O) groups is 2. The van der Waals surface area contributed by atoms with E-state index in [9.17, 15) is 9.59 Å². The molecule has 0 radical (unpaired) electrons. The summed E-state index contributed by atoms with van der Waals surface area (Å²) in [4.78, 5) is 25.7. The smallest absolute Gasteiger partial charge is 0.335 e. The van der Waals surface area contributed by atoms with Crippen LogP contribution in [-0.2, 0) is 19.1 Å². The van der Waals surface area contributed by atoms with Gasteiger partial charge in [-0.3, -0.25) is 4.90 Å². The zero-order valence-corrected chi connectivity index (χ0v) is 12.1. The van der Waals surface area contributed by atoms with Crippen LogP contribution in [0.5, 0.6) is 0 Å². The maximum absolute atomic E-state index is 12.0. The SMILES string of the molecule is C=C(C(=O)OC)C(C(=O)OC)N1C(C)CCCC1C. The summed E-state index contributed by atoms with van der Waals surface area (Å²) >= 11 is 0. The third-order valence-corrected chi connectivity index (χ3v) is 3.76. The van der Waals surface area contributed by atoms with E-state index in [0.717, 1.165) is 19.3 Å². The molecule has 1 aliphatic rings. The average Bonchev–Trinajstić information content (AvgIpc) is 2.40.